The van der Waals surface area contributed by atoms with Crippen molar-refractivity contribution in [1.29, 1.82) is 0 Å². The number of piperidine rings is 1. The molecule has 0 atom stereocenters. The fourth-order valence-electron chi connectivity index (χ4n) is 2.22. The quantitative estimate of drug-likeness (QED) is 0.514. The van der Waals surface area contributed by atoms with Gasteiger partial charge in [0.1, 0.15) is 0 Å². The zero-order chi connectivity index (χ0) is 13.3. The van der Waals surface area contributed by atoms with Crippen molar-refractivity contribution in [2.24, 2.45) is 4.99 Å². The van der Waals surface area contributed by atoms with Crippen molar-refractivity contribution in [3.63, 3.8) is 0 Å². The van der Waals surface area contributed by atoms with E-state index in [0.717, 1.165) is 24.7 Å². The molecule has 1 fully saturated rings. The van der Waals surface area contributed by atoms with Crippen LogP contribution in [0.1, 0.15) is 19.3 Å². The molecular weight excluding hydrogens is 238 g/mol. The molecule has 0 aromatic heterocycles. The third-order valence-electron chi connectivity index (χ3n) is 3.24. The summed E-state index contributed by atoms with van der Waals surface area (Å²) in [6.45, 7) is 3.53. The Hall–Kier alpha value is -1.55. The molecule has 1 saturated heterocycles. The van der Waals surface area contributed by atoms with Crippen molar-refractivity contribution in [1.82, 2.24) is 4.90 Å². The van der Waals surface area contributed by atoms with Crippen LogP contribution in [0.3, 0.4) is 0 Å². The molecule has 4 heteroatoms. The molecule has 2 rings (SSSR count). The van der Waals surface area contributed by atoms with Crippen molar-refractivity contribution < 1.29 is 4.74 Å². The van der Waals surface area contributed by atoms with Gasteiger partial charge in [0.15, 0.2) is 5.96 Å². The predicted molar refractivity (Wildman–Crippen MR) is 79.7 cm³/mol. The molecule has 0 unspecified atom stereocenters. The first kappa shape index (κ1) is 13.9. The summed E-state index contributed by atoms with van der Waals surface area (Å²) in [6.07, 6.45) is 3.83. The Labute approximate surface area is 115 Å². The van der Waals surface area contributed by atoms with Crippen molar-refractivity contribution in [3.8, 4) is 0 Å². The molecule has 0 amide bonds. The van der Waals surface area contributed by atoms with Gasteiger partial charge in [0.05, 0.1) is 13.2 Å². The van der Waals surface area contributed by atoms with E-state index in [0.29, 0.717) is 13.2 Å². The van der Waals surface area contributed by atoms with Crippen molar-refractivity contribution in [3.05, 3.63) is 30.3 Å². The summed E-state index contributed by atoms with van der Waals surface area (Å²) in [4.78, 5) is 6.98. The number of nitrogens with zero attached hydrogens (tertiary/aromatic N) is 2. The van der Waals surface area contributed by atoms with Crippen LogP contribution in [-0.4, -0.2) is 44.2 Å². The first-order chi connectivity index (χ1) is 9.40. The number of nitrogens with one attached hydrogen (secondary N) is 1. The number of ether oxygens (including phenoxy) is 1. The van der Waals surface area contributed by atoms with Crippen LogP contribution in [0.25, 0.3) is 0 Å². The minimum atomic E-state index is 0.661. The maximum absolute atomic E-state index is 5.08. The molecule has 0 radical (unpaired) electrons. The monoisotopic (exact) mass is 261 g/mol. The van der Waals surface area contributed by atoms with Gasteiger partial charge < -0.3 is 15.0 Å². The fraction of sp³-hybridized carbons (Fsp3) is 0.533. The Kier molecular flexibility index (Phi) is 5.69. The van der Waals surface area contributed by atoms with E-state index in [1.165, 1.54) is 19.3 Å². The largest absolute Gasteiger partial charge is 0.383 e. The number of aliphatic imine (C=N–C) groups is 1. The van der Waals surface area contributed by atoms with E-state index >= 15 is 0 Å². The highest BCUT2D eigenvalue weighted by atomic mass is 16.5. The predicted octanol–water partition coefficient (Wildman–Crippen LogP) is 2.59. The smallest absolute Gasteiger partial charge is 0.198 e. The Bertz CT molecular complexity index is 386. The SMILES string of the molecule is COCCN=C(Nc1ccccc1)N1CCCCC1. The lowest BCUT2D eigenvalue weighted by Crippen LogP contribution is -2.40. The summed E-state index contributed by atoms with van der Waals surface area (Å²) < 4.78 is 5.08. The lowest BCUT2D eigenvalue weighted by Gasteiger charge is -2.30. The van der Waals surface area contributed by atoms with Gasteiger partial charge in [0.2, 0.25) is 0 Å². The molecule has 1 aromatic rings. The van der Waals surface area contributed by atoms with E-state index in [1.54, 1.807) is 7.11 Å². The molecule has 4 nitrogen and oxygen atoms in total. The van der Waals surface area contributed by atoms with Crippen LogP contribution in [0.2, 0.25) is 0 Å². The third-order valence-corrected chi connectivity index (χ3v) is 3.24. The lowest BCUT2D eigenvalue weighted by atomic mass is 10.1. The molecule has 1 aliphatic heterocycles. The second-order valence-electron chi connectivity index (χ2n) is 4.74. The number of anilines is 1. The Morgan fingerprint density at radius 1 is 1.21 bits per heavy atom. The summed E-state index contributed by atoms with van der Waals surface area (Å²) in [5.41, 5.74) is 1.09. The highest BCUT2D eigenvalue weighted by molar-refractivity contribution is 5.93. The van der Waals surface area contributed by atoms with Crippen molar-refractivity contribution >= 4 is 11.6 Å². The number of likely N-dealkylation sites (tertiary alicyclic amines) is 1. The number of rotatable bonds is 4. The normalized spacial score (nSPS) is 16.5. The molecule has 104 valence electrons. The molecule has 0 aliphatic carbocycles. The van der Waals surface area contributed by atoms with Gasteiger partial charge in [-0.15, -0.1) is 0 Å². The molecule has 0 bridgehead atoms. The van der Waals surface area contributed by atoms with Gasteiger partial charge in [-0.25, -0.2) is 0 Å². The second-order valence-corrected chi connectivity index (χ2v) is 4.74. The average molecular weight is 261 g/mol. The van der Waals surface area contributed by atoms with Crippen LogP contribution in [-0.2, 0) is 4.74 Å². The van der Waals surface area contributed by atoms with E-state index in [9.17, 15) is 0 Å². The minimum absolute atomic E-state index is 0.661. The van der Waals surface area contributed by atoms with E-state index in [4.69, 9.17) is 4.74 Å². The maximum atomic E-state index is 5.08. The number of hydrogen-bond donors (Lipinski definition) is 1. The number of methoxy groups -OCH3 is 1. The molecule has 0 spiro atoms. The van der Waals surface area contributed by atoms with Crippen molar-refractivity contribution in [2.75, 3.05) is 38.7 Å². The number of para-hydroxylation sites is 1. The van der Waals surface area contributed by atoms with E-state index in [1.807, 2.05) is 18.2 Å². The minimum Gasteiger partial charge on any atom is -0.383 e. The summed E-state index contributed by atoms with van der Waals surface area (Å²) in [5.74, 6) is 0.975. The fourth-order valence-corrected chi connectivity index (χ4v) is 2.22. The Balaban J connectivity index is 2.02. The van der Waals surface area contributed by atoms with Gasteiger partial charge in [-0.05, 0) is 31.4 Å². The topological polar surface area (TPSA) is 36.9 Å². The van der Waals surface area contributed by atoms with Crippen molar-refractivity contribution in [2.45, 2.75) is 19.3 Å². The van der Waals surface area contributed by atoms with Gasteiger partial charge in [0, 0.05) is 25.9 Å². The van der Waals surface area contributed by atoms with Gasteiger partial charge in [-0.3, -0.25) is 4.99 Å². The van der Waals surface area contributed by atoms with Crippen LogP contribution >= 0.6 is 0 Å². The van der Waals surface area contributed by atoms with Crippen LogP contribution in [0.4, 0.5) is 5.69 Å². The van der Waals surface area contributed by atoms with Crippen LogP contribution in [0.15, 0.2) is 35.3 Å². The van der Waals surface area contributed by atoms with Gasteiger partial charge in [0.25, 0.3) is 0 Å². The van der Waals surface area contributed by atoms with Gasteiger partial charge in [-0.2, -0.15) is 0 Å². The molecule has 1 N–H and O–H groups in total. The summed E-state index contributed by atoms with van der Waals surface area (Å²) >= 11 is 0. The second kappa shape index (κ2) is 7.79. The molecule has 1 aliphatic rings. The molecule has 1 heterocycles. The highest BCUT2D eigenvalue weighted by Crippen LogP contribution is 2.12. The molecule has 0 saturated carbocycles. The van der Waals surface area contributed by atoms with Crippen LogP contribution < -0.4 is 5.32 Å². The Morgan fingerprint density at radius 3 is 2.63 bits per heavy atom. The summed E-state index contributed by atoms with van der Waals surface area (Å²) in [7, 11) is 1.71. The van der Waals surface area contributed by atoms with E-state index < -0.39 is 0 Å². The molecule has 19 heavy (non-hydrogen) atoms. The van der Waals surface area contributed by atoms with Gasteiger partial charge in [-0.1, -0.05) is 18.2 Å². The zero-order valence-corrected chi connectivity index (χ0v) is 11.6. The third kappa shape index (κ3) is 4.56. The summed E-state index contributed by atoms with van der Waals surface area (Å²) in [5, 5.41) is 3.43. The standard InChI is InChI=1S/C15H23N3O/c1-19-13-10-16-15(18-11-6-3-7-12-18)17-14-8-4-2-5-9-14/h2,4-5,8-9H,3,6-7,10-13H2,1H3,(H,16,17). The van der Waals surface area contributed by atoms with E-state index in [2.05, 4.69) is 27.3 Å². The first-order valence-corrected chi connectivity index (χ1v) is 7.00. The maximum Gasteiger partial charge on any atom is 0.198 e. The lowest BCUT2D eigenvalue weighted by molar-refractivity contribution is 0.207. The highest BCUT2D eigenvalue weighted by Gasteiger charge is 2.14. The van der Waals surface area contributed by atoms with Crippen LogP contribution in [0.5, 0.6) is 0 Å². The number of benzene rings is 1. The number of hydrogen-bond acceptors (Lipinski definition) is 2. The molecular formula is C15H23N3O. The zero-order valence-electron chi connectivity index (χ0n) is 11.6. The average Bonchev–Trinajstić information content (AvgIpc) is 2.48. The Morgan fingerprint density at radius 2 is 1.95 bits per heavy atom. The number of guanidine groups is 1. The van der Waals surface area contributed by atoms with Crippen LogP contribution in [0, 0.1) is 0 Å². The molecule has 1 aromatic carbocycles. The first-order valence-electron chi connectivity index (χ1n) is 7.00. The van der Waals surface area contributed by atoms with Gasteiger partial charge >= 0.3 is 0 Å². The van der Waals surface area contributed by atoms with E-state index in [-0.39, 0.29) is 0 Å². The summed E-state index contributed by atoms with van der Waals surface area (Å²) in [6, 6.07) is 10.2.